The summed E-state index contributed by atoms with van der Waals surface area (Å²) in [7, 11) is 1.40. The lowest BCUT2D eigenvalue weighted by Crippen LogP contribution is -2.32. The van der Waals surface area contributed by atoms with Crippen LogP contribution in [0.2, 0.25) is 0 Å². The molecule has 0 saturated carbocycles. The van der Waals surface area contributed by atoms with Gasteiger partial charge in [-0.25, -0.2) is 4.79 Å². The highest BCUT2D eigenvalue weighted by atomic mass is 16.5. The molecule has 0 spiro atoms. The molecule has 4 heteroatoms. The third-order valence-corrected chi connectivity index (χ3v) is 3.49. The van der Waals surface area contributed by atoms with Crippen LogP contribution in [0.5, 0.6) is 0 Å². The maximum absolute atomic E-state index is 11.5. The SMILES string of the molecule is COC(=O)c1ccc(NC2CCOC(C)C2)c(C)c1. The number of nitrogens with one attached hydrogen (secondary N) is 1. The van der Waals surface area contributed by atoms with E-state index in [2.05, 4.69) is 12.2 Å². The number of methoxy groups -OCH3 is 1. The van der Waals surface area contributed by atoms with Gasteiger partial charge in [-0.05, 0) is 50.5 Å². The van der Waals surface area contributed by atoms with Crippen LogP contribution in [0.3, 0.4) is 0 Å². The van der Waals surface area contributed by atoms with Crippen LogP contribution in [0.1, 0.15) is 35.7 Å². The summed E-state index contributed by atoms with van der Waals surface area (Å²) >= 11 is 0. The number of hydrogen-bond acceptors (Lipinski definition) is 4. The lowest BCUT2D eigenvalue weighted by molar-refractivity contribution is 0.0232. The summed E-state index contributed by atoms with van der Waals surface area (Å²) < 4.78 is 10.3. The van der Waals surface area contributed by atoms with Crippen molar-refractivity contribution in [1.29, 1.82) is 0 Å². The second-order valence-electron chi connectivity index (χ2n) is 5.07. The first kappa shape index (κ1) is 13.9. The summed E-state index contributed by atoms with van der Waals surface area (Å²) in [5.41, 5.74) is 2.72. The molecule has 1 aromatic rings. The van der Waals surface area contributed by atoms with Gasteiger partial charge < -0.3 is 14.8 Å². The van der Waals surface area contributed by atoms with Crippen LogP contribution in [-0.4, -0.2) is 31.8 Å². The first-order valence-corrected chi connectivity index (χ1v) is 6.67. The molecular formula is C15H21NO3. The molecule has 1 heterocycles. The van der Waals surface area contributed by atoms with E-state index in [1.807, 2.05) is 19.1 Å². The quantitative estimate of drug-likeness (QED) is 0.852. The Morgan fingerprint density at radius 2 is 2.26 bits per heavy atom. The Morgan fingerprint density at radius 1 is 1.47 bits per heavy atom. The lowest BCUT2D eigenvalue weighted by atomic mass is 10.0. The number of carbonyl (C=O) groups excluding carboxylic acids is 1. The zero-order valence-corrected chi connectivity index (χ0v) is 11.7. The smallest absolute Gasteiger partial charge is 0.337 e. The van der Waals surface area contributed by atoms with Gasteiger partial charge in [0.15, 0.2) is 0 Å². The second kappa shape index (κ2) is 6.06. The van der Waals surface area contributed by atoms with Gasteiger partial charge in [-0.1, -0.05) is 0 Å². The average Bonchev–Trinajstić information content (AvgIpc) is 2.40. The minimum Gasteiger partial charge on any atom is -0.465 e. The Labute approximate surface area is 114 Å². The number of esters is 1. The van der Waals surface area contributed by atoms with Crippen molar-refractivity contribution in [3.8, 4) is 0 Å². The minimum atomic E-state index is -0.297. The summed E-state index contributed by atoms with van der Waals surface area (Å²) in [5, 5.41) is 3.53. The molecule has 19 heavy (non-hydrogen) atoms. The fraction of sp³-hybridized carbons (Fsp3) is 0.533. The maximum Gasteiger partial charge on any atom is 0.337 e. The lowest BCUT2D eigenvalue weighted by Gasteiger charge is -2.29. The fourth-order valence-corrected chi connectivity index (χ4v) is 2.42. The van der Waals surface area contributed by atoms with Gasteiger partial charge in [-0.3, -0.25) is 0 Å². The zero-order valence-electron chi connectivity index (χ0n) is 11.7. The van der Waals surface area contributed by atoms with Crippen LogP contribution in [0, 0.1) is 6.92 Å². The topological polar surface area (TPSA) is 47.6 Å². The highest BCUT2D eigenvalue weighted by Crippen LogP contribution is 2.22. The summed E-state index contributed by atoms with van der Waals surface area (Å²) in [4.78, 5) is 11.5. The highest BCUT2D eigenvalue weighted by molar-refractivity contribution is 5.90. The molecule has 0 amide bonds. The summed E-state index contributed by atoms with van der Waals surface area (Å²) in [6.45, 7) is 4.90. The van der Waals surface area contributed by atoms with Crippen molar-refractivity contribution < 1.29 is 14.3 Å². The Morgan fingerprint density at radius 3 is 2.89 bits per heavy atom. The van der Waals surface area contributed by atoms with Crippen molar-refractivity contribution >= 4 is 11.7 Å². The molecule has 1 fully saturated rings. The monoisotopic (exact) mass is 263 g/mol. The molecule has 1 N–H and O–H groups in total. The summed E-state index contributed by atoms with van der Waals surface area (Å²) in [6.07, 6.45) is 2.33. The van der Waals surface area contributed by atoms with Gasteiger partial charge >= 0.3 is 5.97 Å². The molecule has 2 atom stereocenters. The van der Waals surface area contributed by atoms with Gasteiger partial charge in [0, 0.05) is 18.3 Å². The first-order chi connectivity index (χ1) is 9.10. The molecule has 1 aliphatic heterocycles. The molecule has 104 valence electrons. The van der Waals surface area contributed by atoms with E-state index in [-0.39, 0.29) is 5.97 Å². The standard InChI is InChI=1S/C15H21NO3/c1-10-8-12(15(17)18-3)4-5-14(10)16-13-6-7-19-11(2)9-13/h4-5,8,11,13,16H,6-7,9H2,1-3H3. The maximum atomic E-state index is 11.5. The van der Waals surface area contributed by atoms with Gasteiger partial charge in [-0.2, -0.15) is 0 Å². The number of ether oxygens (including phenoxy) is 2. The summed E-state index contributed by atoms with van der Waals surface area (Å²) in [5.74, 6) is -0.297. The largest absolute Gasteiger partial charge is 0.465 e. The van der Waals surface area contributed by atoms with E-state index in [4.69, 9.17) is 9.47 Å². The zero-order chi connectivity index (χ0) is 13.8. The van der Waals surface area contributed by atoms with Crippen molar-refractivity contribution in [3.05, 3.63) is 29.3 Å². The van der Waals surface area contributed by atoms with E-state index < -0.39 is 0 Å². The summed E-state index contributed by atoms with van der Waals surface area (Å²) in [6, 6.07) is 6.04. The third-order valence-electron chi connectivity index (χ3n) is 3.49. The molecule has 0 bridgehead atoms. The Hall–Kier alpha value is -1.55. The van der Waals surface area contributed by atoms with Gasteiger partial charge in [-0.15, -0.1) is 0 Å². The molecule has 0 aromatic heterocycles. The average molecular weight is 263 g/mol. The minimum absolute atomic E-state index is 0.297. The molecule has 4 nitrogen and oxygen atoms in total. The number of rotatable bonds is 3. The van der Waals surface area contributed by atoms with Crippen LogP contribution >= 0.6 is 0 Å². The normalized spacial score (nSPS) is 22.9. The van der Waals surface area contributed by atoms with E-state index >= 15 is 0 Å². The van der Waals surface area contributed by atoms with Crippen molar-refractivity contribution in [2.45, 2.75) is 38.8 Å². The number of carbonyl (C=O) groups is 1. The van der Waals surface area contributed by atoms with Gasteiger partial charge in [0.25, 0.3) is 0 Å². The second-order valence-corrected chi connectivity index (χ2v) is 5.07. The third kappa shape index (κ3) is 3.47. The molecule has 1 aromatic carbocycles. The van der Waals surface area contributed by atoms with E-state index in [0.29, 0.717) is 17.7 Å². The first-order valence-electron chi connectivity index (χ1n) is 6.67. The molecule has 2 unspecified atom stereocenters. The van der Waals surface area contributed by atoms with Gasteiger partial charge in [0.05, 0.1) is 18.8 Å². The highest BCUT2D eigenvalue weighted by Gasteiger charge is 2.19. The van der Waals surface area contributed by atoms with Crippen molar-refractivity contribution in [3.63, 3.8) is 0 Å². The van der Waals surface area contributed by atoms with E-state index in [1.54, 1.807) is 6.07 Å². The van der Waals surface area contributed by atoms with E-state index in [1.165, 1.54) is 7.11 Å². The number of benzene rings is 1. The molecule has 0 radical (unpaired) electrons. The molecule has 2 rings (SSSR count). The predicted molar refractivity (Wildman–Crippen MR) is 74.6 cm³/mol. The Kier molecular flexibility index (Phi) is 4.43. The molecule has 1 aliphatic rings. The molecule has 0 aliphatic carbocycles. The van der Waals surface area contributed by atoms with Crippen LogP contribution in [0.4, 0.5) is 5.69 Å². The van der Waals surface area contributed by atoms with Crippen molar-refractivity contribution in [2.75, 3.05) is 19.0 Å². The number of hydrogen-bond donors (Lipinski definition) is 1. The molecular weight excluding hydrogens is 242 g/mol. The van der Waals surface area contributed by atoms with Gasteiger partial charge in [0.2, 0.25) is 0 Å². The Bertz CT molecular complexity index is 459. The van der Waals surface area contributed by atoms with E-state index in [9.17, 15) is 4.79 Å². The molecule has 1 saturated heterocycles. The predicted octanol–water partition coefficient (Wildman–Crippen LogP) is 2.76. The fourth-order valence-electron chi connectivity index (χ4n) is 2.42. The van der Waals surface area contributed by atoms with Gasteiger partial charge in [0.1, 0.15) is 0 Å². The number of anilines is 1. The van der Waals surface area contributed by atoms with Crippen LogP contribution in [-0.2, 0) is 9.47 Å². The Balaban J connectivity index is 2.06. The van der Waals surface area contributed by atoms with Crippen molar-refractivity contribution in [2.24, 2.45) is 0 Å². The van der Waals surface area contributed by atoms with Crippen LogP contribution in [0.15, 0.2) is 18.2 Å². The number of aryl methyl sites for hydroxylation is 1. The van der Waals surface area contributed by atoms with Crippen LogP contribution < -0.4 is 5.32 Å². The van der Waals surface area contributed by atoms with Crippen LogP contribution in [0.25, 0.3) is 0 Å². The van der Waals surface area contributed by atoms with E-state index in [0.717, 1.165) is 30.7 Å². The van der Waals surface area contributed by atoms with Crippen molar-refractivity contribution in [1.82, 2.24) is 0 Å².